The molecule has 0 aliphatic rings. The van der Waals surface area contributed by atoms with Crippen molar-refractivity contribution < 1.29 is 19.4 Å². The van der Waals surface area contributed by atoms with E-state index in [-0.39, 0.29) is 6.61 Å². The van der Waals surface area contributed by atoms with Crippen molar-refractivity contribution >= 4 is 5.97 Å². The maximum atomic E-state index is 10.7. The molecule has 1 aromatic heterocycles. The Labute approximate surface area is 92.2 Å². The second-order valence-electron chi connectivity index (χ2n) is 3.10. The molecular weight excluding hydrogens is 216 g/mol. The summed E-state index contributed by atoms with van der Waals surface area (Å²) in [7, 11) is 1.57. The molecule has 0 aliphatic carbocycles. The number of tetrazole rings is 1. The summed E-state index contributed by atoms with van der Waals surface area (Å²) in [6.07, 6.45) is 0. The van der Waals surface area contributed by atoms with Crippen LogP contribution in [0.5, 0.6) is 0 Å². The molecular formula is C8H14N4O4. The lowest BCUT2D eigenvalue weighted by Crippen LogP contribution is -2.20. The van der Waals surface area contributed by atoms with Crippen molar-refractivity contribution in [1.29, 1.82) is 0 Å². The Morgan fingerprint density at radius 3 is 2.94 bits per heavy atom. The van der Waals surface area contributed by atoms with Crippen LogP contribution in [0.15, 0.2) is 0 Å². The largest absolute Gasteiger partial charge is 0.480 e. The number of carboxylic acid groups (broad SMARTS) is 1. The lowest BCUT2D eigenvalue weighted by atomic mass is 10.3. The summed E-state index contributed by atoms with van der Waals surface area (Å²) in [6, 6.07) is -0.809. The van der Waals surface area contributed by atoms with E-state index in [2.05, 4.69) is 15.5 Å². The lowest BCUT2D eigenvalue weighted by Gasteiger charge is -2.08. The van der Waals surface area contributed by atoms with Crippen LogP contribution < -0.4 is 0 Å². The van der Waals surface area contributed by atoms with Crippen molar-refractivity contribution in [2.75, 3.05) is 20.3 Å². The van der Waals surface area contributed by atoms with E-state index in [9.17, 15) is 4.79 Å². The molecule has 0 spiro atoms. The highest BCUT2D eigenvalue weighted by atomic mass is 16.5. The minimum absolute atomic E-state index is 0.161. The van der Waals surface area contributed by atoms with Gasteiger partial charge in [0.05, 0.1) is 13.2 Å². The molecule has 0 saturated carbocycles. The third-order valence-electron chi connectivity index (χ3n) is 1.95. The molecule has 0 amide bonds. The van der Waals surface area contributed by atoms with E-state index in [1.54, 1.807) is 7.11 Å². The first-order valence-corrected chi connectivity index (χ1v) is 4.73. The molecule has 8 nitrogen and oxygen atoms in total. The van der Waals surface area contributed by atoms with Gasteiger partial charge >= 0.3 is 5.97 Å². The number of methoxy groups -OCH3 is 1. The van der Waals surface area contributed by atoms with Crippen LogP contribution in [-0.4, -0.2) is 51.6 Å². The maximum absolute atomic E-state index is 10.7. The highest BCUT2D eigenvalue weighted by Gasteiger charge is 2.18. The Morgan fingerprint density at radius 1 is 1.56 bits per heavy atom. The molecule has 90 valence electrons. The Kier molecular flexibility index (Phi) is 4.80. The molecule has 1 atom stereocenters. The van der Waals surface area contributed by atoms with Crippen LogP contribution in [0, 0.1) is 0 Å². The molecule has 8 heteroatoms. The summed E-state index contributed by atoms with van der Waals surface area (Å²) in [5.74, 6) is -0.614. The lowest BCUT2D eigenvalue weighted by molar-refractivity contribution is -0.140. The zero-order valence-electron chi connectivity index (χ0n) is 9.16. The molecule has 0 aliphatic heterocycles. The SMILES string of the molecule is COCCOCc1nnnn1C(C)C(=O)O. The fraction of sp³-hybridized carbons (Fsp3) is 0.750. The number of nitrogens with zero attached hydrogens (tertiary/aromatic N) is 4. The average molecular weight is 230 g/mol. The van der Waals surface area contributed by atoms with E-state index in [0.717, 1.165) is 0 Å². The first kappa shape index (κ1) is 12.5. The highest BCUT2D eigenvalue weighted by Crippen LogP contribution is 2.06. The third kappa shape index (κ3) is 3.24. The molecule has 1 N–H and O–H groups in total. The Balaban J connectivity index is 2.53. The molecule has 16 heavy (non-hydrogen) atoms. The summed E-state index contributed by atoms with van der Waals surface area (Å²) in [6.45, 7) is 2.53. The van der Waals surface area contributed by atoms with Gasteiger partial charge in [0, 0.05) is 7.11 Å². The number of carbonyl (C=O) groups is 1. The molecule has 1 heterocycles. The number of rotatable bonds is 7. The van der Waals surface area contributed by atoms with Crippen molar-refractivity contribution in [2.24, 2.45) is 0 Å². The number of hydrogen-bond donors (Lipinski definition) is 1. The quantitative estimate of drug-likeness (QED) is 0.629. The number of carboxylic acids is 1. The van der Waals surface area contributed by atoms with Gasteiger partial charge in [-0.05, 0) is 17.4 Å². The van der Waals surface area contributed by atoms with Crippen LogP contribution in [0.1, 0.15) is 18.8 Å². The standard InChI is InChI=1S/C8H14N4O4/c1-6(8(13)14)12-7(9-10-11-12)5-16-4-3-15-2/h6H,3-5H2,1-2H3,(H,13,14). The second-order valence-corrected chi connectivity index (χ2v) is 3.10. The zero-order valence-corrected chi connectivity index (χ0v) is 9.16. The number of ether oxygens (including phenoxy) is 2. The van der Waals surface area contributed by atoms with Crippen molar-refractivity contribution in [3.8, 4) is 0 Å². The van der Waals surface area contributed by atoms with E-state index in [1.807, 2.05) is 0 Å². The van der Waals surface area contributed by atoms with Gasteiger partial charge in [-0.1, -0.05) is 0 Å². The van der Waals surface area contributed by atoms with Gasteiger partial charge in [0.15, 0.2) is 11.9 Å². The minimum atomic E-state index is -0.995. The molecule has 1 unspecified atom stereocenters. The monoisotopic (exact) mass is 230 g/mol. The minimum Gasteiger partial charge on any atom is -0.480 e. The first-order valence-electron chi connectivity index (χ1n) is 4.73. The van der Waals surface area contributed by atoms with Gasteiger partial charge in [-0.2, -0.15) is 0 Å². The molecule has 1 aromatic rings. The van der Waals surface area contributed by atoms with Crippen LogP contribution in [0.4, 0.5) is 0 Å². The summed E-state index contributed by atoms with van der Waals surface area (Å²) >= 11 is 0. The molecule has 0 fully saturated rings. The summed E-state index contributed by atoms with van der Waals surface area (Å²) in [4.78, 5) is 10.7. The molecule has 0 aromatic carbocycles. The van der Waals surface area contributed by atoms with Gasteiger partial charge in [0.1, 0.15) is 6.61 Å². The van der Waals surface area contributed by atoms with Gasteiger partial charge in [-0.15, -0.1) is 5.10 Å². The van der Waals surface area contributed by atoms with Crippen LogP contribution in [-0.2, 0) is 20.9 Å². The van der Waals surface area contributed by atoms with Crippen LogP contribution >= 0.6 is 0 Å². The molecule has 0 saturated heterocycles. The predicted octanol–water partition coefficient (Wildman–Crippen LogP) is -0.518. The fourth-order valence-corrected chi connectivity index (χ4v) is 1.02. The number of aliphatic carboxylic acids is 1. The summed E-state index contributed by atoms with van der Waals surface area (Å²) < 4.78 is 11.2. The molecule has 1 rings (SSSR count). The third-order valence-corrected chi connectivity index (χ3v) is 1.95. The van der Waals surface area contributed by atoms with Crippen molar-refractivity contribution in [3.05, 3.63) is 5.82 Å². The van der Waals surface area contributed by atoms with Crippen molar-refractivity contribution in [1.82, 2.24) is 20.2 Å². The van der Waals surface area contributed by atoms with Crippen LogP contribution in [0.25, 0.3) is 0 Å². The Bertz CT molecular complexity index is 341. The van der Waals surface area contributed by atoms with Crippen molar-refractivity contribution in [2.45, 2.75) is 19.6 Å². The van der Waals surface area contributed by atoms with Gasteiger partial charge in [0.2, 0.25) is 0 Å². The van der Waals surface area contributed by atoms with E-state index >= 15 is 0 Å². The Hall–Kier alpha value is -1.54. The average Bonchev–Trinajstić information content (AvgIpc) is 2.71. The normalized spacial score (nSPS) is 12.6. The number of aromatic nitrogens is 4. The van der Waals surface area contributed by atoms with Gasteiger partial charge in [0.25, 0.3) is 0 Å². The maximum Gasteiger partial charge on any atom is 0.328 e. The molecule has 0 bridgehead atoms. The summed E-state index contributed by atoms with van der Waals surface area (Å²) in [5.41, 5.74) is 0. The predicted molar refractivity (Wildman–Crippen MR) is 51.7 cm³/mol. The highest BCUT2D eigenvalue weighted by molar-refractivity contribution is 5.71. The zero-order chi connectivity index (χ0) is 12.0. The van der Waals surface area contributed by atoms with Crippen LogP contribution in [0.2, 0.25) is 0 Å². The van der Waals surface area contributed by atoms with Gasteiger partial charge < -0.3 is 14.6 Å². The van der Waals surface area contributed by atoms with Gasteiger partial charge in [-0.25, -0.2) is 9.48 Å². The van der Waals surface area contributed by atoms with Crippen molar-refractivity contribution in [3.63, 3.8) is 0 Å². The fourth-order valence-electron chi connectivity index (χ4n) is 1.02. The number of hydrogen-bond acceptors (Lipinski definition) is 6. The van der Waals surface area contributed by atoms with E-state index < -0.39 is 12.0 Å². The molecule has 0 radical (unpaired) electrons. The van der Waals surface area contributed by atoms with E-state index in [0.29, 0.717) is 19.0 Å². The topological polar surface area (TPSA) is 99.4 Å². The van der Waals surface area contributed by atoms with E-state index in [4.69, 9.17) is 14.6 Å². The van der Waals surface area contributed by atoms with Crippen LogP contribution in [0.3, 0.4) is 0 Å². The summed E-state index contributed by atoms with van der Waals surface area (Å²) in [5, 5.41) is 19.5. The van der Waals surface area contributed by atoms with E-state index in [1.165, 1.54) is 11.6 Å². The second kappa shape index (κ2) is 6.13. The Morgan fingerprint density at radius 2 is 2.31 bits per heavy atom. The van der Waals surface area contributed by atoms with Gasteiger partial charge in [-0.3, -0.25) is 0 Å². The smallest absolute Gasteiger partial charge is 0.328 e. The first-order chi connectivity index (χ1) is 7.66.